The normalized spacial score (nSPS) is 10.5. The standard InChI is InChI=1S/C16H12IN/c17-14-11-15(12-7-3-1-4-8-12)18-16(14)13-9-5-2-6-10-13/h1-11,18H. The maximum absolute atomic E-state index is 3.51. The summed E-state index contributed by atoms with van der Waals surface area (Å²) in [6, 6.07) is 23.0. The quantitative estimate of drug-likeness (QED) is 0.633. The van der Waals surface area contributed by atoms with Crippen LogP contribution in [0.1, 0.15) is 0 Å². The number of benzene rings is 2. The van der Waals surface area contributed by atoms with E-state index in [9.17, 15) is 0 Å². The van der Waals surface area contributed by atoms with Crippen LogP contribution < -0.4 is 0 Å². The van der Waals surface area contributed by atoms with Crippen molar-refractivity contribution in [1.29, 1.82) is 0 Å². The van der Waals surface area contributed by atoms with Crippen molar-refractivity contribution in [3.8, 4) is 22.5 Å². The van der Waals surface area contributed by atoms with E-state index in [0.717, 1.165) is 0 Å². The Bertz CT molecular complexity index is 641. The van der Waals surface area contributed by atoms with Gasteiger partial charge in [0, 0.05) is 9.26 Å². The first kappa shape index (κ1) is 11.5. The summed E-state index contributed by atoms with van der Waals surface area (Å²) in [5.74, 6) is 0. The zero-order valence-corrected chi connectivity index (χ0v) is 11.9. The molecule has 0 amide bonds. The highest BCUT2D eigenvalue weighted by molar-refractivity contribution is 14.1. The molecule has 0 atom stereocenters. The third-order valence-electron chi connectivity index (χ3n) is 2.92. The molecule has 3 rings (SSSR count). The molecule has 0 radical (unpaired) electrons. The SMILES string of the molecule is Ic1cc(-c2ccccc2)[nH]c1-c1ccccc1. The summed E-state index contributed by atoms with van der Waals surface area (Å²) in [7, 11) is 0. The highest BCUT2D eigenvalue weighted by Crippen LogP contribution is 2.29. The van der Waals surface area contributed by atoms with Crippen molar-refractivity contribution in [2.45, 2.75) is 0 Å². The minimum Gasteiger partial charge on any atom is -0.354 e. The van der Waals surface area contributed by atoms with Gasteiger partial charge in [-0.2, -0.15) is 0 Å². The Labute approximate surface area is 120 Å². The maximum atomic E-state index is 3.51. The molecule has 1 N–H and O–H groups in total. The number of hydrogen-bond donors (Lipinski definition) is 1. The summed E-state index contributed by atoms with van der Waals surface area (Å²) in [5.41, 5.74) is 4.80. The van der Waals surface area contributed by atoms with Crippen molar-refractivity contribution in [2.24, 2.45) is 0 Å². The Morgan fingerprint density at radius 2 is 1.28 bits per heavy atom. The average Bonchev–Trinajstić information content (AvgIpc) is 2.83. The molecule has 88 valence electrons. The number of nitrogens with one attached hydrogen (secondary N) is 1. The molecule has 0 spiro atoms. The molecule has 0 saturated carbocycles. The molecule has 1 nitrogen and oxygen atoms in total. The number of H-pyrrole nitrogens is 1. The highest BCUT2D eigenvalue weighted by atomic mass is 127. The predicted octanol–water partition coefficient (Wildman–Crippen LogP) is 4.95. The number of aromatic amines is 1. The van der Waals surface area contributed by atoms with E-state index >= 15 is 0 Å². The van der Waals surface area contributed by atoms with Crippen LogP contribution in [0.15, 0.2) is 66.7 Å². The molecule has 0 aliphatic rings. The van der Waals surface area contributed by atoms with E-state index in [0.29, 0.717) is 0 Å². The Kier molecular flexibility index (Phi) is 3.19. The molecular weight excluding hydrogens is 333 g/mol. The van der Waals surface area contributed by atoms with Gasteiger partial charge in [0.15, 0.2) is 0 Å². The molecule has 0 saturated heterocycles. The number of aromatic nitrogens is 1. The van der Waals surface area contributed by atoms with Gasteiger partial charge in [-0.3, -0.25) is 0 Å². The highest BCUT2D eigenvalue weighted by Gasteiger charge is 2.08. The largest absolute Gasteiger partial charge is 0.354 e. The minimum absolute atomic E-state index is 1.17. The van der Waals surface area contributed by atoms with E-state index < -0.39 is 0 Å². The fraction of sp³-hybridized carbons (Fsp3) is 0. The first-order chi connectivity index (χ1) is 8.84. The third kappa shape index (κ3) is 2.20. The molecule has 18 heavy (non-hydrogen) atoms. The molecule has 1 heterocycles. The fourth-order valence-corrected chi connectivity index (χ4v) is 2.78. The summed E-state index contributed by atoms with van der Waals surface area (Å²) in [6.07, 6.45) is 0. The fourth-order valence-electron chi connectivity index (χ4n) is 2.02. The molecule has 2 heteroatoms. The van der Waals surface area contributed by atoms with Gasteiger partial charge in [0.2, 0.25) is 0 Å². The third-order valence-corrected chi connectivity index (χ3v) is 3.77. The van der Waals surface area contributed by atoms with Crippen LogP contribution in [0, 0.1) is 3.57 Å². The summed E-state index contributed by atoms with van der Waals surface area (Å²) in [4.78, 5) is 3.51. The van der Waals surface area contributed by atoms with Gasteiger partial charge in [-0.15, -0.1) is 0 Å². The van der Waals surface area contributed by atoms with Crippen molar-refractivity contribution in [3.05, 3.63) is 70.3 Å². The molecule has 0 bridgehead atoms. The Morgan fingerprint density at radius 1 is 0.722 bits per heavy atom. The first-order valence-electron chi connectivity index (χ1n) is 5.84. The van der Waals surface area contributed by atoms with E-state index in [4.69, 9.17) is 0 Å². The topological polar surface area (TPSA) is 15.8 Å². The van der Waals surface area contributed by atoms with E-state index in [2.05, 4.69) is 82.2 Å². The molecule has 2 aromatic carbocycles. The van der Waals surface area contributed by atoms with Gasteiger partial charge in [0.1, 0.15) is 0 Å². The summed E-state index contributed by atoms with van der Waals surface area (Å²) >= 11 is 2.38. The minimum atomic E-state index is 1.17. The maximum Gasteiger partial charge on any atom is 0.0594 e. The van der Waals surface area contributed by atoms with Crippen LogP contribution >= 0.6 is 22.6 Å². The van der Waals surface area contributed by atoms with Gasteiger partial charge in [-0.05, 0) is 39.8 Å². The lowest BCUT2D eigenvalue weighted by atomic mass is 10.2. The Hall–Kier alpha value is -1.55. The predicted molar refractivity (Wildman–Crippen MR) is 84.4 cm³/mol. The van der Waals surface area contributed by atoms with Gasteiger partial charge < -0.3 is 4.98 Å². The van der Waals surface area contributed by atoms with Crippen LogP contribution in [-0.2, 0) is 0 Å². The zero-order chi connectivity index (χ0) is 12.4. The van der Waals surface area contributed by atoms with E-state index in [1.807, 2.05) is 12.1 Å². The number of halogens is 1. The van der Waals surface area contributed by atoms with Crippen LogP contribution in [0.4, 0.5) is 0 Å². The average molecular weight is 345 g/mol. The van der Waals surface area contributed by atoms with Crippen molar-refractivity contribution in [1.82, 2.24) is 4.98 Å². The number of rotatable bonds is 2. The molecule has 0 aliphatic heterocycles. The van der Waals surface area contributed by atoms with Crippen molar-refractivity contribution in [2.75, 3.05) is 0 Å². The molecule has 3 aromatic rings. The van der Waals surface area contributed by atoms with Gasteiger partial charge in [-0.25, -0.2) is 0 Å². The number of hydrogen-bond acceptors (Lipinski definition) is 0. The van der Waals surface area contributed by atoms with Crippen LogP contribution in [0.3, 0.4) is 0 Å². The second-order valence-corrected chi connectivity index (χ2v) is 5.30. The molecular formula is C16H12IN. The van der Waals surface area contributed by atoms with Crippen LogP contribution in [0.5, 0.6) is 0 Å². The van der Waals surface area contributed by atoms with Gasteiger partial charge in [0.05, 0.1) is 5.69 Å². The van der Waals surface area contributed by atoms with Gasteiger partial charge >= 0.3 is 0 Å². The monoisotopic (exact) mass is 345 g/mol. The molecule has 0 fully saturated rings. The summed E-state index contributed by atoms with van der Waals surface area (Å²) < 4.78 is 1.25. The smallest absolute Gasteiger partial charge is 0.0594 e. The van der Waals surface area contributed by atoms with Gasteiger partial charge in [0.25, 0.3) is 0 Å². The molecule has 0 unspecified atom stereocenters. The van der Waals surface area contributed by atoms with E-state index in [1.54, 1.807) is 0 Å². The van der Waals surface area contributed by atoms with E-state index in [1.165, 1.54) is 26.1 Å². The van der Waals surface area contributed by atoms with Crippen molar-refractivity contribution < 1.29 is 0 Å². The van der Waals surface area contributed by atoms with Crippen LogP contribution in [0.25, 0.3) is 22.5 Å². The molecule has 1 aromatic heterocycles. The Morgan fingerprint density at radius 3 is 1.89 bits per heavy atom. The zero-order valence-electron chi connectivity index (χ0n) is 9.73. The van der Waals surface area contributed by atoms with Crippen molar-refractivity contribution >= 4 is 22.6 Å². The lowest BCUT2D eigenvalue weighted by molar-refractivity contribution is 1.39. The summed E-state index contributed by atoms with van der Waals surface area (Å²) in [6.45, 7) is 0. The lowest BCUT2D eigenvalue weighted by Crippen LogP contribution is -1.80. The Balaban J connectivity index is 2.07. The summed E-state index contributed by atoms with van der Waals surface area (Å²) in [5, 5.41) is 0. The van der Waals surface area contributed by atoms with E-state index in [-0.39, 0.29) is 0 Å². The van der Waals surface area contributed by atoms with Gasteiger partial charge in [-0.1, -0.05) is 60.7 Å². The second-order valence-electron chi connectivity index (χ2n) is 4.14. The molecule has 0 aliphatic carbocycles. The van der Waals surface area contributed by atoms with Crippen molar-refractivity contribution in [3.63, 3.8) is 0 Å². The van der Waals surface area contributed by atoms with Crippen LogP contribution in [-0.4, -0.2) is 4.98 Å². The first-order valence-corrected chi connectivity index (χ1v) is 6.92. The lowest BCUT2D eigenvalue weighted by Gasteiger charge is -1.99. The van der Waals surface area contributed by atoms with Crippen LogP contribution in [0.2, 0.25) is 0 Å². The second kappa shape index (κ2) is 4.98.